The molecule has 2 N–H and O–H groups in total. The van der Waals surface area contributed by atoms with Crippen LogP contribution in [0.2, 0.25) is 0 Å². The second-order valence-corrected chi connectivity index (χ2v) is 6.12. The van der Waals surface area contributed by atoms with Gasteiger partial charge in [0.15, 0.2) is 0 Å². The predicted molar refractivity (Wildman–Crippen MR) is 91.8 cm³/mol. The van der Waals surface area contributed by atoms with E-state index in [2.05, 4.69) is 10.6 Å². The minimum atomic E-state index is -0.0584. The molecule has 22 heavy (non-hydrogen) atoms. The van der Waals surface area contributed by atoms with Crippen molar-refractivity contribution in [2.75, 3.05) is 26.7 Å². The molecule has 0 bridgehead atoms. The third kappa shape index (κ3) is 5.59. The van der Waals surface area contributed by atoms with Gasteiger partial charge in [-0.2, -0.15) is 11.3 Å². The van der Waals surface area contributed by atoms with E-state index in [1.54, 1.807) is 6.07 Å². The van der Waals surface area contributed by atoms with E-state index in [-0.39, 0.29) is 24.2 Å². The second kappa shape index (κ2) is 9.82. The van der Waals surface area contributed by atoms with Gasteiger partial charge in [0, 0.05) is 43.0 Å². The van der Waals surface area contributed by atoms with Gasteiger partial charge < -0.3 is 15.5 Å². The molecule has 7 heteroatoms. The Balaban J connectivity index is 0.00000242. The van der Waals surface area contributed by atoms with E-state index in [9.17, 15) is 9.59 Å². The Morgan fingerprint density at radius 3 is 2.95 bits per heavy atom. The van der Waals surface area contributed by atoms with Crippen molar-refractivity contribution in [3.63, 3.8) is 0 Å². The number of nitrogens with zero attached hydrogens (tertiary/aromatic N) is 1. The summed E-state index contributed by atoms with van der Waals surface area (Å²) in [7, 11) is 1.94. The van der Waals surface area contributed by atoms with Gasteiger partial charge in [0.05, 0.1) is 0 Å². The summed E-state index contributed by atoms with van der Waals surface area (Å²) in [6.45, 7) is 2.21. The van der Waals surface area contributed by atoms with E-state index in [1.165, 1.54) is 11.3 Å². The third-order valence-corrected chi connectivity index (χ3v) is 4.50. The second-order valence-electron chi connectivity index (χ2n) is 5.34. The van der Waals surface area contributed by atoms with Crippen LogP contribution in [0, 0.1) is 0 Å². The van der Waals surface area contributed by atoms with Gasteiger partial charge in [-0.05, 0) is 37.8 Å². The number of thiophene rings is 1. The first kappa shape index (κ1) is 18.9. The molecule has 1 atom stereocenters. The molecule has 1 saturated heterocycles. The van der Waals surface area contributed by atoms with Gasteiger partial charge in [-0.25, -0.2) is 0 Å². The topological polar surface area (TPSA) is 61.4 Å². The van der Waals surface area contributed by atoms with Crippen LogP contribution in [0.5, 0.6) is 0 Å². The first-order valence-corrected chi connectivity index (χ1v) is 8.40. The van der Waals surface area contributed by atoms with Crippen LogP contribution >= 0.6 is 23.7 Å². The van der Waals surface area contributed by atoms with E-state index in [4.69, 9.17) is 0 Å². The zero-order valence-corrected chi connectivity index (χ0v) is 14.5. The normalized spacial score (nSPS) is 17.7. The number of carbonyl (C=O) groups excluding carboxylic acids is 2. The van der Waals surface area contributed by atoms with Gasteiger partial charge in [0.2, 0.25) is 5.91 Å². The van der Waals surface area contributed by atoms with Gasteiger partial charge in [0.1, 0.15) is 0 Å². The lowest BCUT2D eigenvalue weighted by Gasteiger charge is -2.32. The predicted octanol–water partition coefficient (Wildman–Crippen LogP) is 1.89. The van der Waals surface area contributed by atoms with E-state index in [1.807, 2.05) is 22.7 Å². The fraction of sp³-hybridized carbons (Fsp3) is 0.600. The van der Waals surface area contributed by atoms with Crippen molar-refractivity contribution in [3.05, 3.63) is 22.4 Å². The molecular formula is C15H24ClN3O2S. The Labute approximate surface area is 141 Å². The van der Waals surface area contributed by atoms with E-state index >= 15 is 0 Å². The van der Waals surface area contributed by atoms with Crippen LogP contribution < -0.4 is 10.6 Å². The van der Waals surface area contributed by atoms with E-state index in [0.717, 1.165) is 25.9 Å². The van der Waals surface area contributed by atoms with Crippen LogP contribution in [-0.2, 0) is 4.79 Å². The zero-order chi connectivity index (χ0) is 15.1. The number of amides is 2. The molecule has 0 spiro atoms. The third-order valence-electron chi connectivity index (χ3n) is 3.82. The fourth-order valence-electron chi connectivity index (χ4n) is 2.53. The molecule has 0 aromatic carbocycles. The Morgan fingerprint density at radius 2 is 2.27 bits per heavy atom. The van der Waals surface area contributed by atoms with Crippen molar-refractivity contribution in [2.45, 2.75) is 31.7 Å². The number of hydrogen-bond donors (Lipinski definition) is 2. The molecule has 124 valence electrons. The van der Waals surface area contributed by atoms with Gasteiger partial charge in [-0.1, -0.05) is 0 Å². The molecule has 0 radical (unpaired) electrons. The lowest BCUT2D eigenvalue weighted by molar-refractivity contribution is -0.132. The number of likely N-dealkylation sites (N-methyl/N-ethyl adjacent to an activating group) is 1. The van der Waals surface area contributed by atoms with Gasteiger partial charge >= 0.3 is 0 Å². The maximum Gasteiger partial charge on any atom is 0.252 e. The van der Waals surface area contributed by atoms with Crippen molar-refractivity contribution in [1.29, 1.82) is 0 Å². The van der Waals surface area contributed by atoms with Crippen molar-refractivity contribution in [2.24, 2.45) is 0 Å². The molecule has 1 fully saturated rings. The molecular weight excluding hydrogens is 322 g/mol. The number of carbonyl (C=O) groups is 2. The summed E-state index contributed by atoms with van der Waals surface area (Å²) < 4.78 is 0. The molecule has 0 aliphatic carbocycles. The molecule has 2 rings (SSSR count). The quantitative estimate of drug-likeness (QED) is 0.774. The Kier molecular flexibility index (Phi) is 8.45. The number of halogens is 1. The minimum Gasteiger partial charge on any atom is -0.352 e. The molecule has 1 unspecified atom stereocenters. The van der Waals surface area contributed by atoms with Crippen LogP contribution in [0.3, 0.4) is 0 Å². The lowest BCUT2D eigenvalue weighted by atomic mass is 10.1. The van der Waals surface area contributed by atoms with Crippen LogP contribution in [0.25, 0.3) is 0 Å². The number of hydrogen-bond acceptors (Lipinski definition) is 4. The Bertz CT molecular complexity index is 467. The highest BCUT2D eigenvalue weighted by atomic mass is 35.5. The molecule has 0 saturated carbocycles. The van der Waals surface area contributed by atoms with E-state index in [0.29, 0.717) is 31.0 Å². The highest BCUT2D eigenvalue weighted by Crippen LogP contribution is 2.11. The molecule has 5 nitrogen and oxygen atoms in total. The SMILES string of the molecule is CNC1CCCN(C(=O)CCCNC(=O)c2ccsc2)C1.Cl. The van der Waals surface area contributed by atoms with Crippen LogP contribution in [-0.4, -0.2) is 49.4 Å². The molecule has 1 aliphatic rings. The average molecular weight is 346 g/mol. The Morgan fingerprint density at radius 1 is 1.45 bits per heavy atom. The average Bonchev–Trinajstić information content (AvgIpc) is 3.05. The summed E-state index contributed by atoms with van der Waals surface area (Å²) >= 11 is 1.51. The van der Waals surface area contributed by atoms with Gasteiger partial charge in [-0.3, -0.25) is 9.59 Å². The summed E-state index contributed by atoms with van der Waals surface area (Å²) in [5, 5.41) is 9.79. The van der Waals surface area contributed by atoms with Gasteiger partial charge in [0.25, 0.3) is 5.91 Å². The Hall–Kier alpha value is -1.11. The molecule has 1 aromatic rings. The fourth-order valence-corrected chi connectivity index (χ4v) is 3.17. The maximum atomic E-state index is 12.1. The van der Waals surface area contributed by atoms with Crippen molar-refractivity contribution in [3.8, 4) is 0 Å². The van der Waals surface area contributed by atoms with Crippen LogP contribution in [0.4, 0.5) is 0 Å². The summed E-state index contributed by atoms with van der Waals surface area (Å²) in [6, 6.07) is 2.22. The first-order chi connectivity index (χ1) is 10.2. The first-order valence-electron chi connectivity index (χ1n) is 7.46. The summed E-state index contributed by atoms with van der Waals surface area (Å²) in [6.07, 6.45) is 3.39. The molecule has 2 heterocycles. The summed E-state index contributed by atoms with van der Waals surface area (Å²) in [4.78, 5) is 25.8. The van der Waals surface area contributed by atoms with Crippen molar-refractivity contribution in [1.82, 2.24) is 15.5 Å². The van der Waals surface area contributed by atoms with E-state index < -0.39 is 0 Å². The number of nitrogens with one attached hydrogen (secondary N) is 2. The summed E-state index contributed by atoms with van der Waals surface area (Å²) in [5.41, 5.74) is 0.694. The highest BCUT2D eigenvalue weighted by Gasteiger charge is 2.21. The largest absolute Gasteiger partial charge is 0.352 e. The molecule has 1 aromatic heterocycles. The smallest absolute Gasteiger partial charge is 0.252 e. The number of likely N-dealkylation sites (tertiary alicyclic amines) is 1. The molecule has 1 aliphatic heterocycles. The standard InChI is InChI=1S/C15H23N3O2S.ClH/c1-16-13-4-3-8-18(10-13)14(19)5-2-7-17-15(20)12-6-9-21-11-12;/h6,9,11,13,16H,2-5,7-8,10H2,1H3,(H,17,20);1H. The van der Waals surface area contributed by atoms with Crippen LogP contribution in [0.15, 0.2) is 16.8 Å². The van der Waals surface area contributed by atoms with Gasteiger partial charge in [-0.15, -0.1) is 12.4 Å². The lowest BCUT2D eigenvalue weighted by Crippen LogP contribution is -2.47. The monoisotopic (exact) mass is 345 g/mol. The maximum absolute atomic E-state index is 12.1. The zero-order valence-electron chi connectivity index (χ0n) is 12.8. The number of piperidine rings is 1. The van der Waals surface area contributed by atoms with Crippen molar-refractivity contribution >= 4 is 35.6 Å². The molecule has 2 amide bonds. The minimum absolute atomic E-state index is 0. The number of rotatable bonds is 6. The van der Waals surface area contributed by atoms with Crippen molar-refractivity contribution < 1.29 is 9.59 Å². The van der Waals surface area contributed by atoms with Crippen LogP contribution in [0.1, 0.15) is 36.0 Å². The highest BCUT2D eigenvalue weighted by molar-refractivity contribution is 7.08. The summed E-state index contributed by atoms with van der Waals surface area (Å²) in [5.74, 6) is 0.136.